The molecule has 3 heterocycles. The van der Waals surface area contributed by atoms with Gasteiger partial charge in [-0.05, 0) is 27.7 Å². The number of ether oxygens (including phenoxy) is 6. The second kappa shape index (κ2) is 4.38. The molecule has 0 spiro atoms. The summed E-state index contributed by atoms with van der Waals surface area (Å²) in [5.41, 5.74) is 0. The van der Waals surface area contributed by atoms with Crippen molar-refractivity contribution in [3.8, 4) is 0 Å². The van der Waals surface area contributed by atoms with Crippen LogP contribution in [0.1, 0.15) is 27.7 Å². The minimum Gasteiger partial charge on any atom is -0.353 e. The molecule has 3 fully saturated rings. The Morgan fingerprint density at radius 2 is 1.53 bits per heavy atom. The maximum Gasteiger partial charge on any atom is 0.186 e. The predicted octanol–water partition coefficient (Wildman–Crippen LogP) is 1.03. The Morgan fingerprint density at radius 1 is 0.895 bits per heavy atom. The molecule has 0 aromatic carbocycles. The summed E-state index contributed by atoms with van der Waals surface area (Å²) < 4.78 is 34.7. The van der Waals surface area contributed by atoms with E-state index < -0.39 is 17.9 Å². The van der Waals surface area contributed by atoms with Crippen LogP contribution in [0.15, 0.2) is 0 Å². The van der Waals surface area contributed by atoms with Crippen LogP contribution in [-0.2, 0) is 28.4 Å². The van der Waals surface area contributed by atoms with Crippen molar-refractivity contribution >= 4 is 0 Å². The van der Waals surface area contributed by atoms with Gasteiger partial charge in [-0.1, -0.05) is 0 Å². The Labute approximate surface area is 113 Å². The monoisotopic (exact) mass is 274 g/mol. The normalized spacial score (nSPS) is 47.5. The molecule has 0 N–H and O–H groups in total. The minimum absolute atomic E-state index is 0.197. The van der Waals surface area contributed by atoms with Gasteiger partial charge in [0.2, 0.25) is 0 Å². The van der Waals surface area contributed by atoms with E-state index in [1.807, 2.05) is 27.7 Å². The molecule has 19 heavy (non-hydrogen) atoms. The zero-order chi connectivity index (χ0) is 13.8. The Kier molecular flexibility index (Phi) is 3.16. The fourth-order valence-electron chi connectivity index (χ4n) is 2.93. The summed E-state index contributed by atoms with van der Waals surface area (Å²) >= 11 is 0. The molecule has 0 aromatic heterocycles. The highest BCUT2D eigenvalue weighted by Crippen LogP contribution is 2.41. The van der Waals surface area contributed by atoms with E-state index in [9.17, 15) is 0 Å². The molecule has 0 amide bonds. The van der Waals surface area contributed by atoms with Crippen LogP contribution in [0.5, 0.6) is 0 Å². The van der Waals surface area contributed by atoms with E-state index in [0.717, 1.165) is 0 Å². The average Bonchev–Trinajstić information content (AvgIpc) is 2.63. The summed E-state index contributed by atoms with van der Waals surface area (Å²) in [6, 6.07) is 0. The Bertz CT molecular complexity index is 355. The molecule has 6 nitrogen and oxygen atoms in total. The molecule has 0 radical (unpaired) electrons. The maximum absolute atomic E-state index is 5.98. The molecular formula is C13H22O6. The van der Waals surface area contributed by atoms with Gasteiger partial charge in [-0.15, -0.1) is 0 Å². The lowest BCUT2D eigenvalue weighted by molar-refractivity contribution is -0.368. The van der Waals surface area contributed by atoms with E-state index in [-0.39, 0.29) is 24.4 Å². The van der Waals surface area contributed by atoms with Crippen LogP contribution in [0.2, 0.25) is 0 Å². The fourth-order valence-corrected chi connectivity index (χ4v) is 2.93. The molecule has 3 rings (SSSR count). The van der Waals surface area contributed by atoms with Crippen LogP contribution in [0.25, 0.3) is 0 Å². The number of fused-ring (bicyclic) bond motifs is 3. The molecule has 0 unspecified atom stereocenters. The highest BCUT2D eigenvalue weighted by Gasteiger charge is 2.58. The van der Waals surface area contributed by atoms with Crippen molar-refractivity contribution in [2.24, 2.45) is 0 Å². The summed E-state index contributed by atoms with van der Waals surface area (Å²) in [5.74, 6) is -1.29. The van der Waals surface area contributed by atoms with E-state index >= 15 is 0 Å². The van der Waals surface area contributed by atoms with Crippen molar-refractivity contribution in [2.75, 3.05) is 13.7 Å². The third-order valence-corrected chi connectivity index (χ3v) is 3.68. The first kappa shape index (κ1) is 13.7. The minimum atomic E-state index is -0.657. The number of hydrogen-bond donors (Lipinski definition) is 0. The predicted molar refractivity (Wildman–Crippen MR) is 64.4 cm³/mol. The largest absolute Gasteiger partial charge is 0.353 e. The van der Waals surface area contributed by atoms with E-state index in [1.165, 1.54) is 0 Å². The molecule has 0 saturated carbocycles. The van der Waals surface area contributed by atoms with Crippen molar-refractivity contribution in [3.05, 3.63) is 0 Å². The van der Waals surface area contributed by atoms with Crippen LogP contribution in [0.3, 0.4) is 0 Å². The number of methoxy groups -OCH3 is 1. The van der Waals surface area contributed by atoms with Crippen molar-refractivity contribution in [2.45, 2.75) is 70.0 Å². The molecular weight excluding hydrogens is 252 g/mol. The average molecular weight is 274 g/mol. The molecule has 6 heteroatoms. The standard InChI is InChI=1S/C13H22O6/c1-12(2)15-6-7-8(17-12)9-10(11(14-5)16-7)19-13(3,4)18-9/h7-11H,6H2,1-5H3/t7-,8-,9+,10+,11-/m1/s1. The van der Waals surface area contributed by atoms with E-state index in [2.05, 4.69) is 0 Å². The van der Waals surface area contributed by atoms with Crippen molar-refractivity contribution in [1.29, 1.82) is 0 Å². The van der Waals surface area contributed by atoms with Gasteiger partial charge in [-0.2, -0.15) is 0 Å². The zero-order valence-corrected chi connectivity index (χ0v) is 12.0. The summed E-state index contributed by atoms with van der Waals surface area (Å²) in [6.45, 7) is 8.02. The van der Waals surface area contributed by atoms with Crippen LogP contribution < -0.4 is 0 Å². The lowest BCUT2D eigenvalue weighted by Gasteiger charge is -2.48. The first-order chi connectivity index (χ1) is 8.81. The van der Waals surface area contributed by atoms with Gasteiger partial charge in [-0.3, -0.25) is 0 Å². The van der Waals surface area contributed by atoms with Gasteiger partial charge >= 0.3 is 0 Å². The quantitative estimate of drug-likeness (QED) is 0.712. The summed E-state index contributed by atoms with van der Waals surface area (Å²) in [6.07, 6.45) is -1.35. The highest BCUT2D eigenvalue weighted by molar-refractivity contribution is 4.99. The summed E-state index contributed by atoms with van der Waals surface area (Å²) in [4.78, 5) is 0. The Morgan fingerprint density at radius 3 is 2.21 bits per heavy atom. The maximum atomic E-state index is 5.98. The van der Waals surface area contributed by atoms with E-state index in [0.29, 0.717) is 6.61 Å². The molecule has 3 aliphatic heterocycles. The van der Waals surface area contributed by atoms with Gasteiger partial charge in [-0.25, -0.2) is 0 Å². The SMILES string of the molecule is CO[C@@H]1O[C@@H]2COC(C)(C)O[C@H]2[C@@H]2OC(C)(C)O[C@H]12. The first-order valence-corrected chi connectivity index (χ1v) is 6.67. The van der Waals surface area contributed by atoms with E-state index in [1.54, 1.807) is 7.11 Å². The summed E-state index contributed by atoms with van der Waals surface area (Å²) in [5, 5.41) is 0. The van der Waals surface area contributed by atoms with Gasteiger partial charge in [0, 0.05) is 7.11 Å². The van der Waals surface area contributed by atoms with Crippen molar-refractivity contribution in [3.63, 3.8) is 0 Å². The molecule has 110 valence electrons. The van der Waals surface area contributed by atoms with Gasteiger partial charge in [0.15, 0.2) is 17.9 Å². The third kappa shape index (κ3) is 2.41. The van der Waals surface area contributed by atoms with Crippen LogP contribution in [0, 0.1) is 0 Å². The van der Waals surface area contributed by atoms with Crippen molar-refractivity contribution in [1.82, 2.24) is 0 Å². The molecule has 0 aliphatic carbocycles. The van der Waals surface area contributed by atoms with Gasteiger partial charge in [0.05, 0.1) is 6.61 Å². The smallest absolute Gasteiger partial charge is 0.186 e. The fraction of sp³-hybridized carbons (Fsp3) is 1.00. The third-order valence-electron chi connectivity index (χ3n) is 3.68. The van der Waals surface area contributed by atoms with Gasteiger partial charge in [0.1, 0.15) is 24.4 Å². The molecule has 0 bridgehead atoms. The Balaban J connectivity index is 1.85. The Hall–Kier alpha value is -0.240. The van der Waals surface area contributed by atoms with Crippen molar-refractivity contribution < 1.29 is 28.4 Å². The molecule has 5 atom stereocenters. The lowest BCUT2D eigenvalue weighted by Crippen LogP contribution is -2.63. The van der Waals surface area contributed by atoms with Crippen LogP contribution in [0.4, 0.5) is 0 Å². The first-order valence-electron chi connectivity index (χ1n) is 6.67. The molecule has 3 saturated heterocycles. The second-order valence-electron chi connectivity index (χ2n) is 6.14. The molecule has 3 aliphatic rings. The summed E-state index contributed by atoms with van der Waals surface area (Å²) in [7, 11) is 1.60. The topological polar surface area (TPSA) is 55.4 Å². The second-order valence-corrected chi connectivity index (χ2v) is 6.14. The molecule has 0 aromatic rings. The van der Waals surface area contributed by atoms with Gasteiger partial charge in [0.25, 0.3) is 0 Å². The van der Waals surface area contributed by atoms with Crippen LogP contribution >= 0.6 is 0 Å². The highest BCUT2D eigenvalue weighted by atomic mass is 16.8. The zero-order valence-electron chi connectivity index (χ0n) is 12.0. The number of hydrogen-bond acceptors (Lipinski definition) is 6. The van der Waals surface area contributed by atoms with Crippen LogP contribution in [-0.4, -0.2) is 56.0 Å². The lowest BCUT2D eigenvalue weighted by atomic mass is 9.97. The van der Waals surface area contributed by atoms with E-state index in [4.69, 9.17) is 28.4 Å². The number of rotatable bonds is 1. The van der Waals surface area contributed by atoms with Gasteiger partial charge < -0.3 is 28.4 Å².